The van der Waals surface area contributed by atoms with E-state index in [0.717, 1.165) is 4.90 Å². The number of carbonyl (C=O) groups is 4. The Balaban J connectivity index is 4.30. The summed E-state index contributed by atoms with van der Waals surface area (Å²) < 4.78 is 4.70. The molecular weight excluding hydrogens is 284 g/mol. The lowest BCUT2D eigenvalue weighted by molar-refractivity contribution is -0.144. The number of rotatable bonds is 9. The monoisotopic (exact) mass is 304 g/mol. The topological polar surface area (TPSA) is 133 Å². The van der Waals surface area contributed by atoms with Gasteiger partial charge in [-0.05, 0) is 13.3 Å². The first-order valence-corrected chi connectivity index (χ1v) is 6.39. The number of carboxylic acid groups (broad SMARTS) is 2. The summed E-state index contributed by atoms with van der Waals surface area (Å²) in [6.45, 7) is 1.97. The fourth-order valence-corrected chi connectivity index (χ4v) is 1.38. The van der Waals surface area contributed by atoms with Gasteiger partial charge in [0.15, 0.2) is 0 Å². The van der Waals surface area contributed by atoms with Gasteiger partial charge in [0.05, 0.1) is 13.0 Å². The molecule has 3 N–H and O–H groups in total. The number of nitrogens with zero attached hydrogens (tertiary/aromatic N) is 1. The quantitative estimate of drug-likeness (QED) is 0.506. The van der Waals surface area contributed by atoms with E-state index in [0.29, 0.717) is 0 Å². The molecule has 1 atom stereocenters. The molecule has 0 saturated carbocycles. The van der Waals surface area contributed by atoms with E-state index in [1.54, 1.807) is 6.92 Å². The van der Waals surface area contributed by atoms with E-state index in [2.05, 4.69) is 5.32 Å². The summed E-state index contributed by atoms with van der Waals surface area (Å²) in [4.78, 5) is 45.3. The first kappa shape index (κ1) is 18.7. The Morgan fingerprint density at radius 3 is 2.29 bits per heavy atom. The van der Waals surface area contributed by atoms with Crippen LogP contribution in [0.3, 0.4) is 0 Å². The molecule has 120 valence electrons. The van der Waals surface area contributed by atoms with Crippen LogP contribution in [0.4, 0.5) is 4.79 Å². The van der Waals surface area contributed by atoms with Crippen molar-refractivity contribution in [2.45, 2.75) is 32.2 Å². The van der Waals surface area contributed by atoms with Crippen molar-refractivity contribution in [3.8, 4) is 0 Å². The van der Waals surface area contributed by atoms with Crippen molar-refractivity contribution >= 4 is 23.9 Å². The highest BCUT2D eigenvalue weighted by molar-refractivity contribution is 5.83. The molecule has 0 spiro atoms. The normalized spacial score (nSPS) is 11.3. The van der Waals surface area contributed by atoms with Gasteiger partial charge in [-0.25, -0.2) is 9.59 Å². The first-order chi connectivity index (χ1) is 9.77. The maximum atomic E-state index is 11.7. The van der Waals surface area contributed by atoms with Crippen LogP contribution in [-0.4, -0.2) is 65.3 Å². The molecule has 9 heteroatoms. The maximum Gasteiger partial charge on any atom is 0.326 e. The summed E-state index contributed by atoms with van der Waals surface area (Å²) in [5.41, 5.74) is 0. The Labute approximate surface area is 121 Å². The Morgan fingerprint density at radius 1 is 1.19 bits per heavy atom. The second-order valence-corrected chi connectivity index (χ2v) is 4.25. The molecule has 0 radical (unpaired) electrons. The van der Waals surface area contributed by atoms with E-state index in [1.165, 1.54) is 7.05 Å². The van der Waals surface area contributed by atoms with Crippen LogP contribution in [-0.2, 0) is 19.1 Å². The van der Waals surface area contributed by atoms with Crippen molar-refractivity contribution in [2.24, 2.45) is 0 Å². The van der Waals surface area contributed by atoms with Gasteiger partial charge >= 0.3 is 23.9 Å². The second-order valence-electron chi connectivity index (χ2n) is 4.25. The molecule has 0 rings (SSSR count). The minimum absolute atomic E-state index is 0.00930. The van der Waals surface area contributed by atoms with Gasteiger partial charge in [0.25, 0.3) is 0 Å². The number of hydrogen-bond acceptors (Lipinski definition) is 5. The molecular formula is C12H20N2O7. The molecule has 0 heterocycles. The number of nitrogens with one attached hydrogen (secondary N) is 1. The van der Waals surface area contributed by atoms with Crippen LogP contribution in [0.1, 0.15) is 26.2 Å². The van der Waals surface area contributed by atoms with Gasteiger partial charge in [0, 0.05) is 20.0 Å². The molecule has 0 aliphatic carbocycles. The van der Waals surface area contributed by atoms with Crippen molar-refractivity contribution in [2.75, 3.05) is 20.2 Å². The Bertz CT molecular complexity index is 397. The number of amides is 2. The largest absolute Gasteiger partial charge is 0.481 e. The van der Waals surface area contributed by atoms with Crippen LogP contribution in [0, 0.1) is 0 Å². The molecule has 0 fully saturated rings. The first-order valence-electron chi connectivity index (χ1n) is 6.39. The number of carbonyl (C=O) groups excluding carboxylic acids is 2. The molecule has 2 amide bonds. The maximum absolute atomic E-state index is 11.7. The van der Waals surface area contributed by atoms with Gasteiger partial charge in [0.1, 0.15) is 6.04 Å². The number of urea groups is 1. The van der Waals surface area contributed by atoms with Crippen LogP contribution in [0.25, 0.3) is 0 Å². The van der Waals surface area contributed by atoms with E-state index >= 15 is 0 Å². The lowest BCUT2D eigenvalue weighted by Gasteiger charge is -2.20. The fourth-order valence-electron chi connectivity index (χ4n) is 1.38. The lowest BCUT2D eigenvalue weighted by atomic mass is 10.1. The summed E-state index contributed by atoms with van der Waals surface area (Å²) in [7, 11) is 1.39. The predicted octanol–water partition coefficient (Wildman–Crippen LogP) is -0.101. The number of ether oxygens (including phenoxy) is 1. The number of carboxylic acids is 2. The third kappa shape index (κ3) is 8.45. The third-order valence-corrected chi connectivity index (χ3v) is 2.55. The van der Waals surface area contributed by atoms with Gasteiger partial charge in [-0.1, -0.05) is 0 Å². The minimum Gasteiger partial charge on any atom is -0.481 e. The highest BCUT2D eigenvalue weighted by atomic mass is 16.5. The van der Waals surface area contributed by atoms with Crippen LogP contribution in [0.15, 0.2) is 0 Å². The van der Waals surface area contributed by atoms with Crippen molar-refractivity contribution in [3.05, 3.63) is 0 Å². The molecule has 0 aromatic carbocycles. The van der Waals surface area contributed by atoms with Crippen LogP contribution >= 0.6 is 0 Å². The zero-order valence-electron chi connectivity index (χ0n) is 12.0. The van der Waals surface area contributed by atoms with E-state index in [9.17, 15) is 19.2 Å². The highest BCUT2D eigenvalue weighted by Crippen LogP contribution is 2.00. The van der Waals surface area contributed by atoms with E-state index in [1.807, 2.05) is 0 Å². The summed E-state index contributed by atoms with van der Waals surface area (Å²) in [5.74, 6) is -2.92. The Hall–Kier alpha value is -2.32. The molecule has 1 unspecified atom stereocenters. The summed E-state index contributed by atoms with van der Waals surface area (Å²) in [5, 5.41) is 19.6. The zero-order valence-corrected chi connectivity index (χ0v) is 12.0. The number of hydrogen-bond donors (Lipinski definition) is 3. The smallest absolute Gasteiger partial charge is 0.326 e. The molecule has 9 nitrogen and oxygen atoms in total. The third-order valence-electron chi connectivity index (χ3n) is 2.55. The average molecular weight is 304 g/mol. The second kappa shape index (κ2) is 9.56. The van der Waals surface area contributed by atoms with E-state index < -0.39 is 30.0 Å². The molecule has 21 heavy (non-hydrogen) atoms. The SMILES string of the molecule is CCOC(=O)CCN(C)C(=O)NC(CCC(=O)O)C(=O)O. The van der Waals surface area contributed by atoms with Crippen molar-refractivity contribution in [1.82, 2.24) is 10.2 Å². The van der Waals surface area contributed by atoms with Crippen molar-refractivity contribution < 1.29 is 34.1 Å². The number of esters is 1. The van der Waals surface area contributed by atoms with E-state index in [-0.39, 0.29) is 32.4 Å². The van der Waals surface area contributed by atoms with Crippen LogP contribution in [0.2, 0.25) is 0 Å². The zero-order chi connectivity index (χ0) is 16.4. The molecule has 0 aliphatic rings. The predicted molar refractivity (Wildman–Crippen MR) is 70.7 cm³/mol. The molecule has 0 saturated heterocycles. The Morgan fingerprint density at radius 2 is 1.81 bits per heavy atom. The molecule has 0 bridgehead atoms. The Kier molecular flexibility index (Phi) is 8.51. The lowest BCUT2D eigenvalue weighted by Crippen LogP contribution is -2.47. The van der Waals surface area contributed by atoms with Crippen LogP contribution < -0.4 is 5.32 Å². The van der Waals surface area contributed by atoms with Gasteiger partial charge in [-0.3, -0.25) is 9.59 Å². The fraction of sp³-hybridized carbons (Fsp3) is 0.667. The van der Waals surface area contributed by atoms with Crippen LogP contribution in [0.5, 0.6) is 0 Å². The van der Waals surface area contributed by atoms with Gasteiger partial charge < -0.3 is 25.2 Å². The average Bonchev–Trinajstić information content (AvgIpc) is 2.40. The van der Waals surface area contributed by atoms with Gasteiger partial charge in [-0.2, -0.15) is 0 Å². The van der Waals surface area contributed by atoms with E-state index in [4.69, 9.17) is 14.9 Å². The standard InChI is InChI=1S/C12H20N2O7/c1-3-21-10(17)6-7-14(2)12(20)13-8(11(18)19)4-5-9(15)16/h8H,3-7H2,1-2H3,(H,13,20)(H,15,16)(H,18,19). The molecule has 0 aliphatic heterocycles. The minimum atomic E-state index is -1.32. The highest BCUT2D eigenvalue weighted by Gasteiger charge is 2.22. The molecule has 0 aromatic rings. The van der Waals surface area contributed by atoms with Crippen molar-refractivity contribution in [3.63, 3.8) is 0 Å². The van der Waals surface area contributed by atoms with Gasteiger partial charge in [-0.15, -0.1) is 0 Å². The summed E-state index contributed by atoms with van der Waals surface area (Å²) in [6, 6.07) is -1.99. The number of aliphatic carboxylic acids is 2. The van der Waals surface area contributed by atoms with Crippen molar-refractivity contribution in [1.29, 1.82) is 0 Å². The summed E-state index contributed by atoms with van der Waals surface area (Å²) >= 11 is 0. The van der Waals surface area contributed by atoms with Gasteiger partial charge in [0.2, 0.25) is 0 Å². The summed E-state index contributed by atoms with van der Waals surface area (Å²) in [6.07, 6.45) is -0.601. The molecule has 0 aromatic heterocycles.